The number of carbonyl (C=O) groups excluding carboxylic acids is 2. The smallest absolute Gasteiger partial charge is 0.274 e. The molecule has 3 rings (SSSR count). The van der Waals surface area contributed by atoms with Crippen LogP contribution in [0.3, 0.4) is 0 Å². The molecule has 8 nitrogen and oxygen atoms in total. The Morgan fingerprint density at radius 1 is 1.10 bits per heavy atom. The van der Waals surface area contributed by atoms with Gasteiger partial charge in [0.05, 0.1) is 23.6 Å². The molecule has 0 unspecified atom stereocenters. The number of nitrogens with zero attached hydrogens (tertiary/aromatic N) is 5. The maximum atomic E-state index is 13.1. The second-order valence-electron chi connectivity index (χ2n) is 7.30. The van der Waals surface area contributed by atoms with Crippen molar-refractivity contribution in [3.63, 3.8) is 0 Å². The summed E-state index contributed by atoms with van der Waals surface area (Å²) in [6.45, 7) is 9.05. The van der Waals surface area contributed by atoms with Crippen LogP contribution in [-0.4, -0.2) is 49.4 Å². The first-order chi connectivity index (χ1) is 14.7. The van der Waals surface area contributed by atoms with Crippen molar-refractivity contribution in [3.05, 3.63) is 64.5 Å². The molecule has 1 aromatic carbocycles. The minimum absolute atomic E-state index is 0.209. The number of nitrogens with one attached hydrogen (secondary N) is 1. The average molecular weight is 426 g/mol. The first-order valence-corrected chi connectivity index (χ1v) is 10.2. The molecule has 3 aromatic rings. The fraction of sp³-hybridized carbons (Fsp3) is 0.364. The highest BCUT2D eigenvalue weighted by atomic mass is 19.1. The Labute approximate surface area is 180 Å². The molecule has 0 saturated heterocycles. The highest BCUT2D eigenvalue weighted by Gasteiger charge is 2.22. The third-order valence-electron chi connectivity index (χ3n) is 5.25. The van der Waals surface area contributed by atoms with Crippen molar-refractivity contribution in [1.29, 1.82) is 0 Å². The van der Waals surface area contributed by atoms with Crippen LogP contribution in [0.2, 0.25) is 0 Å². The van der Waals surface area contributed by atoms with Crippen molar-refractivity contribution in [2.75, 3.05) is 18.4 Å². The van der Waals surface area contributed by atoms with Gasteiger partial charge in [-0.15, -0.1) is 0 Å². The van der Waals surface area contributed by atoms with Gasteiger partial charge in [-0.05, 0) is 45.4 Å². The highest BCUT2D eigenvalue weighted by molar-refractivity contribution is 6.05. The van der Waals surface area contributed by atoms with Gasteiger partial charge in [0.15, 0.2) is 5.69 Å². The summed E-state index contributed by atoms with van der Waals surface area (Å²) in [6.07, 6.45) is 0. The predicted octanol–water partition coefficient (Wildman–Crippen LogP) is 3.16. The summed E-state index contributed by atoms with van der Waals surface area (Å²) in [5.74, 6) is -0.875. The Morgan fingerprint density at radius 3 is 2.35 bits per heavy atom. The van der Waals surface area contributed by atoms with Crippen LogP contribution in [0.4, 0.5) is 10.1 Å². The van der Waals surface area contributed by atoms with Gasteiger partial charge in [-0.2, -0.15) is 10.2 Å². The molecule has 0 saturated carbocycles. The Kier molecular flexibility index (Phi) is 6.53. The van der Waals surface area contributed by atoms with E-state index in [1.54, 1.807) is 28.8 Å². The van der Waals surface area contributed by atoms with Gasteiger partial charge in [0.2, 0.25) is 0 Å². The molecule has 0 radical (unpaired) electrons. The van der Waals surface area contributed by atoms with Crippen LogP contribution in [0.1, 0.15) is 51.8 Å². The summed E-state index contributed by atoms with van der Waals surface area (Å²) < 4.78 is 16.3. The summed E-state index contributed by atoms with van der Waals surface area (Å²) in [4.78, 5) is 27.1. The Bertz CT molecular complexity index is 1100. The number of aryl methyl sites for hydroxylation is 2. The molecular formula is C22H27FN6O2. The van der Waals surface area contributed by atoms with Crippen LogP contribution in [0.25, 0.3) is 0 Å². The molecule has 0 atom stereocenters. The van der Waals surface area contributed by atoms with Crippen LogP contribution in [0.15, 0.2) is 30.3 Å². The number of hydrogen-bond donors (Lipinski definition) is 1. The lowest BCUT2D eigenvalue weighted by molar-refractivity contribution is 0.0766. The molecule has 31 heavy (non-hydrogen) atoms. The van der Waals surface area contributed by atoms with Gasteiger partial charge in [0, 0.05) is 26.2 Å². The molecule has 0 fully saturated rings. The minimum atomic E-state index is -0.374. The summed E-state index contributed by atoms with van der Waals surface area (Å²) in [7, 11) is 1.63. The van der Waals surface area contributed by atoms with Crippen molar-refractivity contribution >= 4 is 17.5 Å². The van der Waals surface area contributed by atoms with Gasteiger partial charge < -0.3 is 10.2 Å². The first kappa shape index (κ1) is 22.2. The van der Waals surface area contributed by atoms with E-state index in [0.717, 1.165) is 11.3 Å². The second-order valence-corrected chi connectivity index (χ2v) is 7.30. The maximum absolute atomic E-state index is 13.1. The number of anilines is 1. The molecule has 0 bridgehead atoms. The number of rotatable bonds is 7. The third kappa shape index (κ3) is 4.65. The number of halogens is 1. The van der Waals surface area contributed by atoms with E-state index in [4.69, 9.17) is 0 Å². The van der Waals surface area contributed by atoms with Gasteiger partial charge in [-0.25, -0.2) is 4.39 Å². The molecule has 0 spiro atoms. The Balaban J connectivity index is 1.80. The quantitative estimate of drug-likeness (QED) is 0.629. The Morgan fingerprint density at radius 2 is 1.74 bits per heavy atom. The molecule has 2 amide bonds. The molecule has 0 aliphatic carbocycles. The number of benzene rings is 1. The van der Waals surface area contributed by atoms with E-state index in [2.05, 4.69) is 15.5 Å². The third-order valence-corrected chi connectivity index (χ3v) is 5.25. The molecule has 0 aliphatic rings. The summed E-state index contributed by atoms with van der Waals surface area (Å²) in [6, 6.07) is 7.72. The zero-order chi connectivity index (χ0) is 22.7. The molecule has 164 valence electrons. The van der Waals surface area contributed by atoms with E-state index >= 15 is 0 Å². The van der Waals surface area contributed by atoms with Crippen LogP contribution >= 0.6 is 0 Å². The van der Waals surface area contributed by atoms with E-state index in [9.17, 15) is 14.0 Å². The van der Waals surface area contributed by atoms with E-state index in [1.165, 1.54) is 22.9 Å². The number of amides is 2. The van der Waals surface area contributed by atoms with Crippen LogP contribution < -0.4 is 5.32 Å². The Hall–Kier alpha value is -3.49. The molecule has 2 aromatic heterocycles. The fourth-order valence-corrected chi connectivity index (χ4v) is 3.43. The first-order valence-electron chi connectivity index (χ1n) is 10.2. The summed E-state index contributed by atoms with van der Waals surface area (Å²) >= 11 is 0. The lowest BCUT2D eigenvalue weighted by Gasteiger charge is -2.16. The molecule has 0 aliphatic heterocycles. The normalized spacial score (nSPS) is 10.9. The van der Waals surface area contributed by atoms with Gasteiger partial charge in [-0.3, -0.25) is 19.0 Å². The van der Waals surface area contributed by atoms with Crippen molar-refractivity contribution in [2.24, 2.45) is 7.05 Å². The lowest BCUT2D eigenvalue weighted by atomic mass is 10.2. The van der Waals surface area contributed by atoms with E-state index < -0.39 is 0 Å². The molecular weight excluding hydrogens is 399 g/mol. The maximum Gasteiger partial charge on any atom is 0.274 e. The number of aromatic nitrogens is 4. The van der Waals surface area contributed by atoms with Crippen molar-refractivity contribution in [3.8, 4) is 0 Å². The SMILES string of the molecule is CCN(CC)C(=O)c1cc(C(=O)Nc2c(C)nn(Cc3ccc(F)cc3)c2C)n(C)n1. The average Bonchev–Trinajstić information content (AvgIpc) is 3.25. The van der Waals surface area contributed by atoms with E-state index in [-0.39, 0.29) is 29.0 Å². The molecule has 2 heterocycles. The van der Waals surface area contributed by atoms with E-state index in [1.807, 2.05) is 27.7 Å². The van der Waals surface area contributed by atoms with Gasteiger partial charge in [0.1, 0.15) is 11.5 Å². The zero-order valence-electron chi connectivity index (χ0n) is 18.4. The van der Waals surface area contributed by atoms with Crippen LogP contribution in [-0.2, 0) is 13.6 Å². The van der Waals surface area contributed by atoms with E-state index in [0.29, 0.717) is 31.0 Å². The minimum Gasteiger partial charge on any atom is -0.338 e. The topological polar surface area (TPSA) is 85.0 Å². The largest absolute Gasteiger partial charge is 0.338 e. The van der Waals surface area contributed by atoms with Crippen LogP contribution in [0, 0.1) is 19.7 Å². The second kappa shape index (κ2) is 9.11. The predicted molar refractivity (Wildman–Crippen MR) is 116 cm³/mol. The van der Waals surface area contributed by atoms with Crippen LogP contribution in [0.5, 0.6) is 0 Å². The zero-order valence-corrected chi connectivity index (χ0v) is 18.4. The van der Waals surface area contributed by atoms with Gasteiger partial charge >= 0.3 is 0 Å². The standard InChI is InChI=1S/C22H27FN6O2/c1-6-28(7-2)22(31)18-12-19(27(5)26-18)21(30)24-20-14(3)25-29(15(20)4)13-16-8-10-17(23)11-9-16/h8-12H,6-7,13H2,1-5H3,(H,24,30). The molecule has 9 heteroatoms. The number of hydrogen-bond acceptors (Lipinski definition) is 4. The molecule has 1 N–H and O–H groups in total. The van der Waals surface area contributed by atoms with Gasteiger partial charge in [0.25, 0.3) is 11.8 Å². The van der Waals surface area contributed by atoms with Gasteiger partial charge in [-0.1, -0.05) is 12.1 Å². The van der Waals surface area contributed by atoms with Crippen molar-refractivity contribution in [2.45, 2.75) is 34.2 Å². The van der Waals surface area contributed by atoms with Crippen molar-refractivity contribution < 1.29 is 14.0 Å². The fourth-order valence-electron chi connectivity index (χ4n) is 3.43. The monoisotopic (exact) mass is 426 g/mol. The number of carbonyl (C=O) groups is 2. The summed E-state index contributed by atoms with van der Waals surface area (Å²) in [5, 5.41) is 11.6. The summed E-state index contributed by atoms with van der Waals surface area (Å²) in [5.41, 5.74) is 3.45. The van der Waals surface area contributed by atoms with Crippen molar-refractivity contribution in [1.82, 2.24) is 24.5 Å². The lowest BCUT2D eigenvalue weighted by Crippen LogP contribution is -2.30. The highest BCUT2D eigenvalue weighted by Crippen LogP contribution is 2.22.